The van der Waals surface area contributed by atoms with Crippen LogP contribution in [0.25, 0.3) is 0 Å². The molecule has 2 aromatic rings. The van der Waals surface area contributed by atoms with Crippen LogP contribution in [0.15, 0.2) is 30.3 Å². The molecule has 2 aliphatic rings. The number of carboxylic acids is 1. The van der Waals surface area contributed by atoms with E-state index in [-0.39, 0.29) is 6.42 Å². The van der Waals surface area contributed by atoms with Crippen molar-refractivity contribution in [2.75, 3.05) is 31.5 Å². The van der Waals surface area contributed by atoms with Crippen molar-refractivity contribution in [2.45, 2.75) is 44.6 Å². The van der Waals surface area contributed by atoms with Crippen LogP contribution in [0.5, 0.6) is 0 Å². The predicted octanol–water partition coefficient (Wildman–Crippen LogP) is 3.25. The molecule has 9 heteroatoms. The van der Waals surface area contributed by atoms with Gasteiger partial charge in [-0.1, -0.05) is 12.1 Å². The zero-order valence-electron chi connectivity index (χ0n) is 19.0. The van der Waals surface area contributed by atoms with Crippen molar-refractivity contribution in [2.24, 2.45) is 5.92 Å². The molecule has 7 nitrogen and oxygen atoms in total. The Morgan fingerprint density at radius 1 is 1.26 bits per heavy atom. The van der Waals surface area contributed by atoms with Gasteiger partial charge in [0.05, 0.1) is 5.56 Å². The van der Waals surface area contributed by atoms with E-state index in [0.29, 0.717) is 12.5 Å². The molecule has 1 unspecified atom stereocenters. The van der Waals surface area contributed by atoms with E-state index in [4.69, 9.17) is 4.98 Å². The molecule has 1 amide bonds. The SMILES string of the molecule is O=C(NC(CCN1CC[C@@H](CCc2ccc3c(n2)NCCC3)C1)C(=O)O)c1cccc(F)c1F. The molecule has 0 bridgehead atoms. The van der Waals surface area contributed by atoms with E-state index < -0.39 is 35.1 Å². The van der Waals surface area contributed by atoms with Gasteiger partial charge in [0.1, 0.15) is 11.9 Å². The third kappa shape index (κ3) is 5.88. The number of aryl methyl sites for hydroxylation is 2. The molecule has 2 aliphatic heterocycles. The molecule has 2 atom stereocenters. The summed E-state index contributed by atoms with van der Waals surface area (Å²) in [5.74, 6) is -3.05. The van der Waals surface area contributed by atoms with Crippen molar-refractivity contribution in [1.29, 1.82) is 0 Å². The van der Waals surface area contributed by atoms with Gasteiger partial charge in [-0.15, -0.1) is 0 Å². The van der Waals surface area contributed by atoms with Gasteiger partial charge in [0.25, 0.3) is 5.91 Å². The van der Waals surface area contributed by atoms with E-state index in [2.05, 4.69) is 27.7 Å². The Bertz CT molecular complexity index is 1050. The average molecular weight is 473 g/mol. The maximum absolute atomic E-state index is 13.9. The minimum absolute atomic E-state index is 0.183. The molecule has 182 valence electrons. The van der Waals surface area contributed by atoms with Crippen molar-refractivity contribution in [3.8, 4) is 0 Å². The summed E-state index contributed by atoms with van der Waals surface area (Å²) in [7, 11) is 0. The molecule has 1 aromatic carbocycles. The number of hydrogen-bond donors (Lipinski definition) is 3. The van der Waals surface area contributed by atoms with E-state index in [9.17, 15) is 23.5 Å². The number of amides is 1. The fraction of sp³-hybridized carbons (Fsp3) is 0.480. The van der Waals surface area contributed by atoms with Crippen LogP contribution >= 0.6 is 0 Å². The lowest BCUT2D eigenvalue weighted by Gasteiger charge is -2.20. The van der Waals surface area contributed by atoms with E-state index in [1.54, 1.807) is 0 Å². The number of fused-ring (bicyclic) bond motifs is 1. The number of halogens is 2. The molecule has 34 heavy (non-hydrogen) atoms. The van der Waals surface area contributed by atoms with Crippen LogP contribution in [0, 0.1) is 17.6 Å². The lowest BCUT2D eigenvalue weighted by Crippen LogP contribution is -2.43. The number of nitrogens with zero attached hydrogens (tertiary/aromatic N) is 2. The lowest BCUT2D eigenvalue weighted by atomic mass is 10.00. The van der Waals surface area contributed by atoms with E-state index in [1.807, 2.05) is 0 Å². The normalized spacial score (nSPS) is 18.7. The van der Waals surface area contributed by atoms with E-state index in [0.717, 1.165) is 75.4 Å². The first-order chi connectivity index (χ1) is 16.4. The number of hydrogen-bond acceptors (Lipinski definition) is 5. The van der Waals surface area contributed by atoms with Crippen molar-refractivity contribution >= 4 is 17.7 Å². The number of nitrogens with one attached hydrogen (secondary N) is 2. The molecule has 0 aliphatic carbocycles. The third-order valence-corrected chi connectivity index (χ3v) is 6.66. The van der Waals surface area contributed by atoms with Gasteiger partial charge >= 0.3 is 5.97 Å². The quantitative estimate of drug-likeness (QED) is 0.519. The Morgan fingerprint density at radius 3 is 2.94 bits per heavy atom. The highest BCUT2D eigenvalue weighted by atomic mass is 19.2. The van der Waals surface area contributed by atoms with Crippen molar-refractivity contribution in [3.63, 3.8) is 0 Å². The first-order valence-corrected chi connectivity index (χ1v) is 11.8. The number of likely N-dealkylation sites (tertiary alicyclic amines) is 1. The summed E-state index contributed by atoms with van der Waals surface area (Å²) in [5, 5.41) is 15.2. The molecule has 0 saturated carbocycles. The highest BCUT2D eigenvalue weighted by molar-refractivity contribution is 5.96. The second-order valence-electron chi connectivity index (χ2n) is 9.09. The number of carbonyl (C=O) groups is 2. The van der Waals surface area contributed by atoms with Crippen molar-refractivity contribution in [1.82, 2.24) is 15.2 Å². The number of pyridine rings is 1. The van der Waals surface area contributed by atoms with Gasteiger partial charge < -0.3 is 20.6 Å². The predicted molar refractivity (Wildman–Crippen MR) is 124 cm³/mol. The largest absolute Gasteiger partial charge is 0.480 e. The van der Waals surface area contributed by atoms with Crippen LogP contribution in [-0.2, 0) is 17.6 Å². The van der Waals surface area contributed by atoms with Gasteiger partial charge in [-0.3, -0.25) is 4.79 Å². The van der Waals surface area contributed by atoms with E-state index >= 15 is 0 Å². The second-order valence-corrected chi connectivity index (χ2v) is 9.09. The fourth-order valence-electron chi connectivity index (χ4n) is 4.70. The standard InChI is InChI=1S/C25H30F2N4O3/c26-20-5-1-4-19(22(20)27)24(32)30-21(25(33)34)11-14-31-13-10-16(15-31)6-8-18-9-7-17-3-2-12-28-23(17)29-18/h1,4-5,7,9,16,21H,2-3,6,8,10-15H2,(H,28,29)(H,30,32)(H,33,34)/t16-,21?/m1/s1. The Labute approximate surface area is 197 Å². The molecule has 4 rings (SSSR count). The molecule has 1 aromatic heterocycles. The molecule has 1 saturated heterocycles. The summed E-state index contributed by atoms with van der Waals surface area (Å²) in [6, 6.07) is 6.35. The smallest absolute Gasteiger partial charge is 0.326 e. The van der Waals surface area contributed by atoms with Crippen LogP contribution < -0.4 is 10.6 Å². The molecule has 3 N–H and O–H groups in total. The summed E-state index contributed by atoms with van der Waals surface area (Å²) in [6.45, 7) is 3.20. The number of anilines is 1. The number of rotatable bonds is 9. The zero-order valence-corrected chi connectivity index (χ0v) is 19.0. The van der Waals surface area contributed by atoms with Crippen molar-refractivity contribution in [3.05, 3.63) is 58.8 Å². The second kappa shape index (κ2) is 10.9. The van der Waals surface area contributed by atoms with Gasteiger partial charge in [0, 0.05) is 25.3 Å². The molecule has 1 fully saturated rings. The number of aromatic nitrogens is 1. The maximum atomic E-state index is 13.9. The minimum Gasteiger partial charge on any atom is -0.480 e. The van der Waals surface area contributed by atoms with Crippen LogP contribution in [0.1, 0.15) is 47.3 Å². The van der Waals surface area contributed by atoms with Crippen LogP contribution in [0.2, 0.25) is 0 Å². The first kappa shape index (κ1) is 24.1. The molecule has 3 heterocycles. The number of benzene rings is 1. The minimum atomic E-state index is -1.28. The summed E-state index contributed by atoms with van der Waals surface area (Å²) in [6.07, 6.45) is 5.34. The zero-order chi connectivity index (χ0) is 24.1. The summed E-state index contributed by atoms with van der Waals surface area (Å²) in [4.78, 5) is 30.9. The first-order valence-electron chi connectivity index (χ1n) is 11.8. The summed E-state index contributed by atoms with van der Waals surface area (Å²) in [5.41, 5.74) is 1.87. The van der Waals surface area contributed by atoms with Gasteiger partial charge in [0.15, 0.2) is 11.6 Å². The number of carboxylic acid groups (broad SMARTS) is 1. The van der Waals surface area contributed by atoms with Crippen LogP contribution in [0.4, 0.5) is 14.6 Å². The molecule has 0 radical (unpaired) electrons. The third-order valence-electron chi connectivity index (χ3n) is 6.66. The van der Waals surface area contributed by atoms with Gasteiger partial charge in [-0.25, -0.2) is 18.6 Å². The van der Waals surface area contributed by atoms with Gasteiger partial charge in [-0.05, 0) is 74.8 Å². The molecular weight excluding hydrogens is 442 g/mol. The highest BCUT2D eigenvalue weighted by Gasteiger charge is 2.27. The Morgan fingerprint density at radius 2 is 2.12 bits per heavy atom. The summed E-state index contributed by atoms with van der Waals surface area (Å²) >= 11 is 0. The van der Waals surface area contributed by atoms with Crippen LogP contribution in [0.3, 0.4) is 0 Å². The van der Waals surface area contributed by atoms with E-state index in [1.165, 1.54) is 11.6 Å². The lowest BCUT2D eigenvalue weighted by molar-refractivity contribution is -0.139. The highest BCUT2D eigenvalue weighted by Crippen LogP contribution is 2.24. The molecular formula is C25H30F2N4O3. The fourth-order valence-corrected chi connectivity index (χ4v) is 4.70. The molecule has 0 spiro atoms. The van der Waals surface area contributed by atoms with Gasteiger partial charge in [-0.2, -0.15) is 0 Å². The van der Waals surface area contributed by atoms with Crippen molar-refractivity contribution < 1.29 is 23.5 Å². The number of aliphatic carboxylic acids is 1. The van der Waals surface area contributed by atoms with Crippen LogP contribution in [-0.4, -0.2) is 59.1 Å². The number of carbonyl (C=O) groups excluding carboxylic acids is 1. The van der Waals surface area contributed by atoms with Gasteiger partial charge in [0.2, 0.25) is 0 Å². The Hall–Kier alpha value is -3.07. The topological polar surface area (TPSA) is 94.6 Å². The Kier molecular flexibility index (Phi) is 7.72. The monoisotopic (exact) mass is 472 g/mol. The summed E-state index contributed by atoms with van der Waals surface area (Å²) < 4.78 is 27.2. The maximum Gasteiger partial charge on any atom is 0.326 e. The Balaban J connectivity index is 1.24. The average Bonchev–Trinajstić information content (AvgIpc) is 3.29.